The maximum Gasteiger partial charge on any atom is 0.252 e. The molecular formula is C54H28B2N4S. The Morgan fingerprint density at radius 2 is 0.984 bits per heavy atom. The summed E-state index contributed by atoms with van der Waals surface area (Å²) in [7, 11) is 0. The average molecular weight is 787 g/mol. The lowest BCUT2D eigenvalue weighted by molar-refractivity contribution is 1.12. The molecule has 0 saturated carbocycles. The minimum Gasteiger partial charge on any atom is -0.311 e. The Hall–Kier alpha value is -7.34. The molecule has 12 aromatic rings. The second kappa shape index (κ2) is 10.2. The van der Waals surface area contributed by atoms with E-state index < -0.39 is 0 Å². The van der Waals surface area contributed by atoms with Crippen molar-refractivity contribution in [3.63, 3.8) is 0 Å². The smallest absolute Gasteiger partial charge is 0.252 e. The van der Waals surface area contributed by atoms with E-state index in [0.717, 1.165) is 0 Å². The predicted octanol–water partition coefficient (Wildman–Crippen LogP) is 9.20. The van der Waals surface area contributed by atoms with Crippen molar-refractivity contribution in [2.75, 3.05) is 4.90 Å². The van der Waals surface area contributed by atoms with Crippen molar-refractivity contribution < 1.29 is 0 Å². The van der Waals surface area contributed by atoms with Gasteiger partial charge >= 0.3 is 0 Å². The molecule has 0 unspecified atom stereocenters. The fraction of sp³-hybridized carbons (Fsp3) is 0. The molecule has 0 atom stereocenters. The molecule has 7 heteroatoms. The zero-order valence-electron chi connectivity index (χ0n) is 32.5. The first-order valence-corrected chi connectivity index (χ1v) is 22.2. The third kappa shape index (κ3) is 3.26. The van der Waals surface area contributed by atoms with Crippen LogP contribution in [0.15, 0.2) is 180 Å². The zero-order chi connectivity index (χ0) is 39.0. The number of hydrogen-bond donors (Lipinski definition) is 0. The van der Waals surface area contributed by atoms with Gasteiger partial charge in [-0.25, -0.2) is 0 Å². The van der Waals surface area contributed by atoms with Gasteiger partial charge in [0.1, 0.15) is 0 Å². The van der Waals surface area contributed by atoms with Crippen LogP contribution in [0.5, 0.6) is 0 Å². The second-order valence-electron chi connectivity index (χ2n) is 17.5. The van der Waals surface area contributed by atoms with Crippen molar-refractivity contribution >= 4 is 140 Å². The van der Waals surface area contributed by atoms with Crippen molar-refractivity contribution in [1.82, 2.24) is 13.7 Å². The minimum atomic E-state index is 0.0377. The molecular weight excluding hydrogens is 758 g/mol. The zero-order valence-corrected chi connectivity index (χ0v) is 33.3. The summed E-state index contributed by atoms with van der Waals surface area (Å²) in [5.41, 5.74) is 24.0. The highest BCUT2D eigenvalue weighted by molar-refractivity contribution is 7.99. The van der Waals surface area contributed by atoms with Crippen LogP contribution in [0.3, 0.4) is 0 Å². The van der Waals surface area contributed by atoms with Crippen molar-refractivity contribution in [1.29, 1.82) is 0 Å². The lowest BCUT2D eigenvalue weighted by Gasteiger charge is -2.46. The molecule has 9 aromatic carbocycles. The molecule has 0 N–H and O–H groups in total. The lowest BCUT2D eigenvalue weighted by Crippen LogP contribution is -2.67. The normalized spacial score (nSPS) is 14.4. The Bertz CT molecular complexity index is 4120. The molecule has 8 heterocycles. The van der Waals surface area contributed by atoms with Crippen LogP contribution in [-0.4, -0.2) is 27.1 Å². The van der Waals surface area contributed by atoms with Crippen LogP contribution in [0.1, 0.15) is 0 Å². The van der Waals surface area contributed by atoms with Gasteiger partial charge in [0, 0.05) is 75.9 Å². The summed E-state index contributed by atoms with van der Waals surface area (Å²) in [4.78, 5) is 5.25. The van der Waals surface area contributed by atoms with Crippen LogP contribution in [0.4, 0.5) is 17.1 Å². The molecule has 0 aliphatic carbocycles. The van der Waals surface area contributed by atoms with E-state index >= 15 is 0 Å². The van der Waals surface area contributed by atoms with E-state index in [1.54, 1.807) is 0 Å². The van der Waals surface area contributed by atoms with Crippen molar-refractivity contribution in [3.8, 4) is 17.1 Å². The highest BCUT2D eigenvalue weighted by atomic mass is 32.2. The maximum absolute atomic E-state index is 2.75. The summed E-state index contributed by atoms with van der Waals surface area (Å²) >= 11 is 1.91. The Balaban J connectivity index is 1.16. The Kier molecular flexibility index (Phi) is 5.10. The summed E-state index contributed by atoms with van der Waals surface area (Å²) in [6, 6.07) is 64.7. The van der Waals surface area contributed by atoms with E-state index in [1.807, 2.05) is 11.8 Å². The van der Waals surface area contributed by atoms with Gasteiger partial charge in [-0.2, -0.15) is 0 Å². The molecule has 5 aliphatic rings. The van der Waals surface area contributed by atoms with Crippen molar-refractivity contribution in [3.05, 3.63) is 170 Å². The summed E-state index contributed by atoms with van der Waals surface area (Å²) in [5, 5.41) is 7.92. The van der Waals surface area contributed by atoms with Crippen molar-refractivity contribution in [2.24, 2.45) is 0 Å². The van der Waals surface area contributed by atoms with Crippen LogP contribution in [0.25, 0.3) is 82.5 Å². The first-order chi connectivity index (χ1) is 30.3. The first kappa shape index (κ1) is 30.7. The number of hydrogen-bond acceptors (Lipinski definition) is 2. The number of para-hydroxylation sites is 7. The van der Waals surface area contributed by atoms with E-state index in [2.05, 4.69) is 188 Å². The fourth-order valence-corrected chi connectivity index (χ4v) is 14.0. The van der Waals surface area contributed by atoms with Gasteiger partial charge in [-0.05, 0) is 81.3 Å². The van der Waals surface area contributed by atoms with Gasteiger partial charge in [0.25, 0.3) is 13.4 Å². The van der Waals surface area contributed by atoms with Crippen LogP contribution in [-0.2, 0) is 0 Å². The summed E-state index contributed by atoms with van der Waals surface area (Å²) < 4.78 is 7.93. The second-order valence-corrected chi connectivity index (χ2v) is 18.6. The summed E-state index contributed by atoms with van der Waals surface area (Å²) in [6.45, 7) is 0.113. The van der Waals surface area contributed by atoms with Crippen LogP contribution >= 0.6 is 11.8 Å². The molecule has 17 rings (SSSR count). The quantitative estimate of drug-likeness (QED) is 0.155. The van der Waals surface area contributed by atoms with Gasteiger partial charge in [0.15, 0.2) is 0 Å². The molecule has 5 aliphatic heterocycles. The van der Waals surface area contributed by atoms with Gasteiger partial charge in [-0.3, -0.25) is 0 Å². The average Bonchev–Trinajstić information content (AvgIpc) is 3.96. The third-order valence-corrected chi connectivity index (χ3v) is 16.0. The third-order valence-electron chi connectivity index (χ3n) is 14.9. The first-order valence-electron chi connectivity index (χ1n) is 21.4. The summed E-state index contributed by atoms with van der Waals surface area (Å²) in [5.74, 6) is 0. The summed E-state index contributed by atoms with van der Waals surface area (Å²) in [6.07, 6.45) is 0. The van der Waals surface area contributed by atoms with Crippen LogP contribution < -0.4 is 37.7 Å². The predicted molar refractivity (Wildman–Crippen MR) is 258 cm³/mol. The number of fused-ring (bicyclic) bond motifs is 16. The fourth-order valence-electron chi connectivity index (χ4n) is 12.9. The highest BCUT2D eigenvalue weighted by Crippen LogP contribution is 2.54. The molecule has 0 fully saturated rings. The standard InChI is InChI=1S/C54H28B2N4S/c1-2-13-29(14-3-1)57-39-22-6-5-16-31(39)34-27-38-53-46(51(34)57)33-18-11-20-36-50(33)60(53)54-47-42(58-40-23-7-4-15-30(40)32-17-10-19-35(49(32)58)55(36)47)28-43-48(54)56(38)37-21-12-26-45-52(37)59(43)41-24-8-9-25-44(41)61-45/h1-28H. The molecule has 3 aromatic heterocycles. The lowest BCUT2D eigenvalue weighted by atomic mass is 9.30. The van der Waals surface area contributed by atoms with Gasteiger partial charge in [0.2, 0.25) is 0 Å². The van der Waals surface area contributed by atoms with Gasteiger partial charge < -0.3 is 18.6 Å². The number of aromatic nitrogens is 3. The van der Waals surface area contributed by atoms with Gasteiger partial charge in [-0.15, -0.1) is 0 Å². The molecule has 0 spiro atoms. The molecule has 0 radical (unpaired) electrons. The number of benzene rings is 9. The van der Waals surface area contributed by atoms with Crippen LogP contribution in [0, 0.1) is 0 Å². The van der Waals surface area contributed by atoms with Crippen molar-refractivity contribution in [2.45, 2.75) is 9.79 Å². The van der Waals surface area contributed by atoms with E-state index in [-0.39, 0.29) is 13.4 Å². The molecule has 61 heavy (non-hydrogen) atoms. The molecule has 4 nitrogen and oxygen atoms in total. The van der Waals surface area contributed by atoms with E-state index in [9.17, 15) is 0 Å². The number of anilines is 3. The topological polar surface area (TPSA) is 18.0 Å². The Morgan fingerprint density at radius 3 is 1.84 bits per heavy atom. The molecule has 0 amide bonds. The SMILES string of the molecule is c1ccc(-n2c3ccccc3c3cc4c5c(c6cccc7c6n5-c5c6c(cc8c5B7c5cccc7c9ccccc9n-8c57)N5c7ccccc7Sc7cccc(c75)B64)c32)cc1. The van der Waals surface area contributed by atoms with Crippen LogP contribution in [0.2, 0.25) is 0 Å². The largest absolute Gasteiger partial charge is 0.311 e. The van der Waals surface area contributed by atoms with E-state index in [1.165, 1.54) is 142 Å². The molecule has 0 bridgehead atoms. The van der Waals surface area contributed by atoms with Gasteiger partial charge in [-0.1, -0.05) is 133 Å². The van der Waals surface area contributed by atoms with Gasteiger partial charge in [0.05, 0.1) is 33.4 Å². The van der Waals surface area contributed by atoms with E-state index in [4.69, 9.17) is 0 Å². The molecule has 276 valence electrons. The highest BCUT2D eigenvalue weighted by Gasteiger charge is 2.51. The molecule has 0 saturated heterocycles. The Labute approximate surface area is 354 Å². The maximum atomic E-state index is 2.75. The minimum absolute atomic E-state index is 0.0377. The monoisotopic (exact) mass is 786 g/mol. The number of rotatable bonds is 1. The van der Waals surface area contributed by atoms with E-state index in [0.29, 0.717) is 0 Å². The Morgan fingerprint density at radius 1 is 0.361 bits per heavy atom. The number of nitrogens with zero attached hydrogens (tertiary/aromatic N) is 4.